The molecule has 0 radical (unpaired) electrons. The maximum Gasteiger partial charge on any atom is 0.119 e. The highest BCUT2D eigenvalue weighted by molar-refractivity contribution is 9.50. The molecule has 2 aromatic rings. The second-order valence-electron chi connectivity index (χ2n) is 4.94. The number of nitrogens with zero attached hydrogens (tertiary/aromatic N) is 2. The fraction of sp³-hybridized carbons (Fsp3) is 0.294. The molecule has 22 heavy (non-hydrogen) atoms. The van der Waals surface area contributed by atoms with E-state index in [9.17, 15) is 5.26 Å². The quantitative estimate of drug-likeness (QED) is 0.672. The van der Waals surface area contributed by atoms with Crippen molar-refractivity contribution >= 4 is 25.0 Å². The molecule has 0 bridgehead atoms. The lowest BCUT2D eigenvalue weighted by Gasteiger charge is -2.25. The lowest BCUT2D eigenvalue weighted by molar-refractivity contribution is 0.276. The van der Waals surface area contributed by atoms with E-state index >= 15 is 0 Å². The van der Waals surface area contributed by atoms with E-state index in [2.05, 4.69) is 25.9 Å². The first-order valence-electron chi connectivity index (χ1n) is 7.07. The van der Waals surface area contributed by atoms with Crippen LogP contribution in [0.25, 0.3) is 0 Å². The fourth-order valence-electron chi connectivity index (χ4n) is 2.30. The molecule has 1 aromatic heterocycles. The number of pyridine rings is 1. The van der Waals surface area contributed by atoms with Crippen LogP contribution in [0.2, 0.25) is 0 Å². The highest BCUT2D eigenvalue weighted by Crippen LogP contribution is 2.31. The van der Waals surface area contributed by atoms with E-state index < -0.39 is 5.41 Å². The molecule has 1 atom stereocenters. The average molecular weight is 377 g/mol. The number of hydrogen-bond acceptors (Lipinski definition) is 4. The first kappa shape index (κ1) is 16.9. The zero-order valence-corrected chi connectivity index (χ0v) is 14.7. The van der Waals surface area contributed by atoms with E-state index in [1.54, 1.807) is 12.4 Å². The average Bonchev–Trinajstić information content (AvgIpc) is 2.60. The van der Waals surface area contributed by atoms with E-state index in [0.717, 1.165) is 22.6 Å². The van der Waals surface area contributed by atoms with E-state index in [4.69, 9.17) is 4.74 Å². The lowest BCUT2D eigenvalue weighted by atomic mass is 9.78. The zero-order chi connectivity index (χ0) is 15.8. The Kier molecular flexibility index (Phi) is 6.29. The Morgan fingerprint density at radius 1 is 1.32 bits per heavy atom. The van der Waals surface area contributed by atoms with Crippen molar-refractivity contribution in [3.05, 3.63) is 54.4 Å². The summed E-state index contributed by atoms with van der Waals surface area (Å²) >= 11 is 3.34. The van der Waals surface area contributed by atoms with Gasteiger partial charge in [-0.2, -0.15) is 5.26 Å². The van der Waals surface area contributed by atoms with Crippen LogP contribution in [-0.4, -0.2) is 11.6 Å². The van der Waals surface area contributed by atoms with Crippen LogP contribution < -0.4 is 4.74 Å². The molecule has 0 fully saturated rings. The molecule has 0 aliphatic carbocycles. The molecular formula is C17H17BrN2OS. The summed E-state index contributed by atoms with van der Waals surface area (Å²) in [6.45, 7) is 2.52. The summed E-state index contributed by atoms with van der Waals surface area (Å²) in [5.41, 5.74) is 0.412. The number of halogens is 1. The summed E-state index contributed by atoms with van der Waals surface area (Å²) in [7, 11) is 1.52. The van der Waals surface area contributed by atoms with Gasteiger partial charge in [-0.05, 0) is 67.3 Å². The third kappa shape index (κ3) is 4.02. The summed E-state index contributed by atoms with van der Waals surface area (Å²) in [5.74, 6) is 0.819. The molecule has 2 rings (SSSR count). The summed E-state index contributed by atoms with van der Waals surface area (Å²) in [6, 6.07) is 14.1. The number of rotatable bonds is 7. The van der Waals surface area contributed by atoms with Gasteiger partial charge in [0.15, 0.2) is 0 Å². The summed E-state index contributed by atoms with van der Waals surface area (Å²) in [5, 5.41) is 9.65. The van der Waals surface area contributed by atoms with Crippen molar-refractivity contribution in [3.8, 4) is 11.8 Å². The van der Waals surface area contributed by atoms with Gasteiger partial charge in [0.1, 0.15) is 5.75 Å². The largest absolute Gasteiger partial charge is 0.494 e. The van der Waals surface area contributed by atoms with E-state index in [0.29, 0.717) is 13.0 Å². The molecule has 0 aliphatic heterocycles. The molecule has 5 heteroatoms. The predicted molar refractivity (Wildman–Crippen MR) is 93.2 cm³/mol. The van der Waals surface area contributed by atoms with Gasteiger partial charge in [-0.1, -0.05) is 13.0 Å². The Morgan fingerprint density at radius 3 is 2.64 bits per heavy atom. The van der Waals surface area contributed by atoms with Gasteiger partial charge < -0.3 is 4.74 Å². The standard InChI is InChI=1S/C17H17BrN2OS/c1-2-17(13-19,14-4-3-10-20-12-14)9-11-21-15-5-7-16(22-18)8-6-15/h3-8,10,12H,2,9,11H2,1H3. The van der Waals surface area contributed by atoms with Crippen molar-refractivity contribution < 1.29 is 4.74 Å². The van der Waals surface area contributed by atoms with Crippen LogP contribution in [0.1, 0.15) is 25.3 Å². The Morgan fingerprint density at radius 2 is 2.09 bits per heavy atom. The van der Waals surface area contributed by atoms with Gasteiger partial charge in [0, 0.05) is 23.7 Å². The highest BCUT2D eigenvalue weighted by Gasteiger charge is 2.30. The number of ether oxygens (including phenoxy) is 1. The minimum absolute atomic E-state index is 0.497. The lowest BCUT2D eigenvalue weighted by Crippen LogP contribution is -2.26. The summed E-state index contributed by atoms with van der Waals surface area (Å²) in [4.78, 5) is 5.26. The molecule has 0 saturated carbocycles. The third-order valence-electron chi connectivity index (χ3n) is 3.74. The van der Waals surface area contributed by atoms with Crippen LogP contribution in [0.5, 0.6) is 5.75 Å². The van der Waals surface area contributed by atoms with Gasteiger partial charge in [0.05, 0.1) is 18.1 Å². The molecule has 3 nitrogen and oxygen atoms in total. The van der Waals surface area contributed by atoms with E-state index in [-0.39, 0.29) is 0 Å². The Bertz CT molecular complexity index is 627. The molecule has 0 amide bonds. The van der Waals surface area contributed by atoms with Crippen molar-refractivity contribution in [2.75, 3.05) is 6.61 Å². The van der Waals surface area contributed by atoms with Gasteiger partial charge in [-0.3, -0.25) is 4.98 Å². The van der Waals surface area contributed by atoms with E-state index in [1.807, 2.05) is 43.3 Å². The molecule has 114 valence electrons. The molecule has 1 unspecified atom stereocenters. The minimum atomic E-state index is -0.542. The normalized spacial score (nSPS) is 13.1. The van der Waals surface area contributed by atoms with Crippen LogP contribution in [0, 0.1) is 11.3 Å². The third-order valence-corrected chi connectivity index (χ3v) is 5.31. The van der Waals surface area contributed by atoms with Gasteiger partial charge in [0.25, 0.3) is 0 Å². The first-order valence-corrected chi connectivity index (χ1v) is 9.73. The van der Waals surface area contributed by atoms with E-state index in [1.165, 1.54) is 10.2 Å². The molecule has 1 heterocycles. The topological polar surface area (TPSA) is 45.9 Å². The summed E-state index contributed by atoms with van der Waals surface area (Å²) in [6.07, 6.45) is 4.87. The van der Waals surface area contributed by atoms with Gasteiger partial charge in [0.2, 0.25) is 0 Å². The number of hydrogen-bond donors (Lipinski definition) is 0. The van der Waals surface area contributed by atoms with Gasteiger partial charge >= 0.3 is 0 Å². The van der Waals surface area contributed by atoms with Crippen molar-refractivity contribution in [1.82, 2.24) is 4.98 Å². The Hall–Kier alpha value is -1.51. The van der Waals surface area contributed by atoms with Crippen LogP contribution in [0.3, 0.4) is 0 Å². The highest BCUT2D eigenvalue weighted by atomic mass is 79.9. The SMILES string of the molecule is CCC(C#N)(CCOc1ccc(SBr)cc1)c1cccnc1. The number of aromatic nitrogens is 1. The molecule has 1 aromatic carbocycles. The predicted octanol–water partition coefficient (Wildman–Crippen LogP) is 5.12. The smallest absolute Gasteiger partial charge is 0.119 e. The molecule has 0 spiro atoms. The molecular weight excluding hydrogens is 360 g/mol. The first-order chi connectivity index (χ1) is 10.7. The second-order valence-corrected chi connectivity index (χ2v) is 6.53. The minimum Gasteiger partial charge on any atom is -0.494 e. The monoisotopic (exact) mass is 376 g/mol. The fourth-order valence-corrected chi connectivity index (χ4v) is 3.19. The second kappa shape index (κ2) is 8.21. The van der Waals surface area contributed by atoms with Gasteiger partial charge in [-0.25, -0.2) is 0 Å². The maximum absolute atomic E-state index is 9.65. The van der Waals surface area contributed by atoms with Crippen molar-refractivity contribution in [2.24, 2.45) is 0 Å². The van der Waals surface area contributed by atoms with Crippen molar-refractivity contribution in [1.29, 1.82) is 5.26 Å². The maximum atomic E-state index is 9.65. The van der Waals surface area contributed by atoms with Crippen molar-refractivity contribution in [3.63, 3.8) is 0 Å². The zero-order valence-electron chi connectivity index (χ0n) is 12.3. The number of benzene rings is 1. The van der Waals surface area contributed by atoms with Crippen LogP contribution in [0.4, 0.5) is 0 Å². The Labute approximate surface area is 142 Å². The van der Waals surface area contributed by atoms with Crippen LogP contribution in [-0.2, 0) is 5.41 Å². The summed E-state index contributed by atoms with van der Waals surface area (Å²) < 4.78 is 5.79. The van der Waals surface area contributed by atoms with Gasteiger partial charge in [-0.15, -0.1) is 0 Å². The Balaban J connectivity index is 2.02. The van der Waals surface area contributed by atoms with Crippen LogP contribution in [0.15, 0.2) is 53.7 Å². The molecule has 0 saturated heterocycles. The van der Waals surface area contributed by atoms with Crippen molar-refractivity contribution in [2.45, 2.75) is 30.1 Å². The molecule has 0 aliphatic rings. The van der Waals surface area contributed by atoms with Crippen LogP contribution >= 0.6 is 25.0 Å². The number of nitriles is 1. The molecule has 0 N–H and O–H groups in total.